The number of rotatable bonds is 9. The number of nitro benzene ring substituents is 1. The first-order chi connectivity index (χ1) is 10.5. The molecule has 0 heterocycles. The largest absolute Gasteiger partial charge is 0.480 e. The molecule has 0 atom stereocenters. The number of nitro groups is 1. The van der Waals surface area contributed by atoms with Crippen molar-refractivity contribution in [2.75, 3.05) is 25.0 Å². The number of carboxylic acid groups (broad SMARTS) is 1. The zero-order valence-electron chi connectivity index (χ0n) is 12.3. The maximum Gasteiger partial charge on any atom is 0.323 e. The Morgan fingerprint density at radius 3 is 2.64 bits per heavy atom. The van der Waals surface area contributed by atoms with E-state index in [0.717, 1.165) is 0 Å². The van der Waals surface area contributed by atoms with Crippen molar-refractivity contribution in [1.29, 1.82) is 0 Å². The minimum atomic E-state index is -1.06. The maximum atomic E-state index is 12.0. The molecule has 8 nitrogen and oxygen atoms in total. The second-order valence-corrected chi connectivity index (χ2v) is 4.66. The van der Waals surface area contributed by atoms with E-state index in [4.69, 9.17) is 5.11 Å². The van der Waals surface area contributed by atoms with Gasteiger partial charge >= 0.3 is 5.97 Å². The Bertz CT molecular complexity index is 547. The molecule has 1 rings (SSSR count). The Balaban J connectivity index is 2.57. The highest BCUT2D eigenvalue weighted by Crippen LogP contribution is 2.22. The molecule has 8 heteroatoms. The lowest BCUT2D eigenvalue weighted by molar-refractivity contribution is -0.384. The molecule has 0 spiro atoms. The van der Waals surface area contributed by atoms with Crippen molar-refractivity contribution < 1.29 is 19.6 Å². The van der Waals surface area contributed by atoms with Gasteiger partial charge in [0.25, 0.3) is 5.69 Å². The van der Waals surface area contributed by atoms with Crippen LogP contribution in [0.5, 0.6) is 0 Å². The maximum absolute atomic E-state index is 12.0. The van der Waals surface area contributed by atoms with Crippen molar-refractivity contribution >= 4 is 23.3 Å². The summed E-state index contributed by atoms with van der Waals surface area (Å²) in [6, 6.07) is 6.15. The molecule has 0 aliphatic carbocycles. The number of anilines is 1. The monoisotopic (exact) mass is 309 g/mol. The molecule has 1 amide bonds. The number of benzene rings is 1. The Morgan fingerprint density at radius 2 is 2.05 bits per heavy atom. The third kappa shape index (κ3) is 5.39. The number of carboxylic acids is 1. The van der Waals surface area contributed by atoms with Crippen LogP contribution in [0.3, 0.4) is 0 Å². The van der Waals surface area contributed by atoms with Crippen LogP contribution in [0.1, 0.15) is 19.8 Å². The Morgan fingerprint density at radius 1 is 1.36 bits per heavy atom. The summed E-state index contributed by atoms with van der Waals surface area (Å²) < 4.78 is 0. The van der Waals surface area contributed by atoms with Crippen LogP contribution >= 0.6 is 0 Å². The van der Waals surface area contributed by atoms with Crippen LogP contribution in [-0.2, 0) is 9.59 Å². The van der Waals surface area contributed by atoms with Gasteiger partial charge in [-0.25, -0.2) is 0 Å². The van der Waals surface area contributed by atoms with E-state index in [1.807, 2.05) is 6.92 Å². The van der Waals surface area contributed by atoms with E-state index in [0.29, 0.717) is 18.7 Å². The summed E-state index contributed by atoms with van der Waals surface area (Å²) in [7, 11) is 0. The van der Waals surface area contributed by atoms with Crippen LogP contribution in [0.4, 0.5) is 11.4 Å². The quantitative estimate of drug-likeness (QED) is 0.530. The molecule has 1 aromatic rings. The molecule has 1 aromatic carbocycles. The summed E-state index contributed by atoms with van der Waals surface area (Å²) in [5, 5.41) is 22.5. The minimum Gasteiger partial charge on any atom is -0.480 e. The van der Waals surface area contributed by atoms with Crippen LogP contribution < -0.4 is 5.32 Å². The molecule has 0 fully saturated rings. The van der Waals surface area contributed by atoms with Crippen molar-refractivity contribution in [2.24, 2.45) is 0 Å². The van der Waals surface area contributed by atoms with E-state index in [1.54, 1.807) is 18.2 Å². The average molecular weight is 309 g/mol. The fourth-order valence-electron chi connectivity index (χ4n) is 1.97. The first kappa shape index (κ1) is 17.4. The molecular weight excluding hydrogens is 290 g/mol. The van der Waals surface area contributed by atoms with Crippen LogP contribution in [0, 0.1) is 10.1 Å². The van der Waals surface area contributed by atoms with Gasteiger partial charge < -0.3 is 15.3 Å². The number of nitrogens with zero attached hydrogens (tertiary/aromatic N) is 2. The van der Waals surface area contributed by atoms with Gasteiger partial charge in [-0.15, -0.1) is 0 Å². The summed E-state index contributed by atoms with van der Waals surface area (Å²) in [5.41, 5.74) is 0.270. The van der Waals surface area contributed by atoms with Crippen LogP contribution in [0.25, 0.3) is 0 Å². The zero-order valence-corrected chi connectivity index (χ0v) is 12.3. The number of para-hydroxylation sites is 2. The van der Waals surface area contributed by atoms with Gasteiger partial charge in [0.05, 0.1) is 4.92 Å². The van der Waals surface area contributed by atoms with Crippen molar-refractivity contribution in [1.82, 2.24) is 4.90 Å². The number of amides is 1. The molecule has 0 bridgehead atoms. The smallest absolute Gasteiger partial charge is 0.323 e. The molecule has 0 aliphatic rings. The number of aliphatic carboxylic acids is 1. The second kappa shape index (κ2) is 8.60. The second-order valence-electron chi connectivity index (χ2n) is 4.66. The highest BCUT2D eigenvalue weighted by Gasteiger charge is 2.16. The molecule has 22 heavy (non-hydrogen) atoms. The summed E-state index contributed by atoms with van der Waals surface area (Å²) in [6.07, 6.45) is 0.732. The fraction of sp³-hybridized carbons (Fsp3) is 0.429. The predicted octanol–water partition coefficient (Wildman–Crippen LogP) is 1.72. The van der Waals surface area contributed by atoms with E-state index < -0.39 is 10.9 Å². The molecule has 0 unspecified atom stereocenters. The molecule has 0 saturated carbocycles. The van der Waals surface area contributed by atoms with Crippen LogP contribution in [-0.4, -0.2) is 46.4 Å². The minimum absolute atomic E-state index is 0.0640. The molecule has 0 radical (unpaired) electrons. The average Bonchev–Trinajstić information content (AvgIpc) is 2.46. The molecule has 2 N–H and O–H groups in total. The SMILES string of the molecule is CCCN(CC(=O)O)C(=O)CCNc1ccccc1[N+](=O)[O-]. The number of carbonyl (C=O) groups excluding carboxylic acids is 1. The third-order valence-corrected chi connectivity index (χ3v) is 2.93. The lowest BCUT2D eigenvalue weighted by Crippen LogP contribution is -2.37. The lowest BCUT2D eigenvalue weighted by Gasteiger charge is -2.20. The summed E-state index contributed by atoms with van der Waals surface area (Å²) in [6.45, 7) is 2.09. The van der Waals surface area contributed by atoms with E-state index in [1.165, 1.54) is 11.0 Å². The number of carbonyl (C=O) groups is 2. The summed E-state index contributed by atoms with van der Waals surface area (Å²) in [5.74, 6) is -1.36. The van der Waals surface area contributed by atoms with Gasteiger partial charge in [0, 0.05) is 25.6 Å². The number of nitrogens with one attached hydrogen (secondary N) is 1. The van der Waals surface area contributed by atoms with Crippen molar-refractivity contribution in [3.63, 3.8) is 0 Å². The Labute approximate surface area is 127 Å². The van der Waals surface area contributed by atoms with Gasteiger partial charge in [0.2, 0.25) is 5.91 Å². The summed E-state index contributed by atoms with van der Waals surface area (Å²) >= 11 is 0. The van der Waals surface area contributed by atoms with E-state index in [9.17, 15) is 19.7 Å². The van der Waals surface area contributed by atoms with Gasteiger partial charge in [-0.3, -0.25) is 19.7 Å². The van der Waals surface area contributed by atoms with Gasteiger partial charge in [0.15, 0.2) is 0 Å². The molecule has 120 valence electrons. The predicted molar refractivity (Wildman–Crippen MR) is 80.7 cm³/mol. The number of hydrogen-bond acceptors (Lipinski definition) is 5. The normalized spacial score (nSPS) is 10.0. The Hall–Kier alpha value is -2.64. The zero-order chi connectivity index (χ0) is 16.5. The van der Waals surface area contributed by atoms with Gasteiger partial charge in [-0.2, -0.15) is 0 Å². The van der Waals surface area contributed by atoms with E-state index >= 15 is 0 Å². The van der Waals surface area contributed by atoms with Gasteiger partial charge in [-0.05, 0) is 12.5 Å². The molecule has 0 aromatic heterocycles. The van der Waals surface area contributed by atoms with Crippen LogP contribution in [0.2, 0.25) is 0 Å². The van der Waals surface area contributed by atoms with Crippen molar-refractivity contribution in [3.05, 3.63) is 34.4 Å². The standard InChI is InChI=1S/C14H19N3O5/c1-2-9-16(10-14(19)20)13(18)7-8-15-11-5-3-4-6-12(11)17(21)22/h3-6,15H,2,7-10H2,1H3,(H,19,20). The Kier molecular flexibility index (Phi) is 6.81. The molecular formula is C14H19N3O5. The van der Waals surface area contributed by atoms with Gasteiger partial charge in [0.1, 0.15) is 12.2 Å². The van der Waals surface area contributed by atoms with E-state index in [2.05, 4.69) is 5.32 Å². The van der Waals surface area contributed by atoms with E-state index in [-0.39, 0.29) is 31.1 Å². The first-order valence-corrected chi connectivity index (χ1v) is 6.92. The number of hydrogen-bond donors (Lipinski definition) is 2. The topological polar surface area (TPSA) is 113 Å². The molecule has 0 saturated heterocycles. The van der Waals surface area contributed by atoms with Crippen LogP contribution in [0.15, 0.2) is 24.3 Å². The highest BCUT2D eigenvalue weighted by atomic mass is 16.6. The highest BCUT2D eigenvalue weighted by molar-refractivity contribution is 5.81. The van der Waals surface area contributed by atoms with Crippen molar-refractivity contribution in [2.45, 2.75) is 19.8 Å². The first-order valence-electron chi connectivity index (χ1n) is 6.92. The fourth-order valence-corrected chi connectivity index (χ4v) is 1.97. The summed E-state index contributed by atoms with van der Waals surface area (Å²) in [4.78, 5) is 34.3. The van der Waals surface area contributed by atoms with Gasteiger partial charge in [-0.1, -0.05) is 19.1 Å². The third-order valence-electron chi connectivity index (χ3n) is 2.93. The van der Waals surface area contributed by atoms with Crippen molar-refractivity contribution in [3.8, 4) is 0 Å². The lowest BCUT2D eigenvalue weighted by atomic mass is 10.2. The molecule has 0 aliphatic heterocycles.